The summed E-state index contributed by atoms with van der Waals surface area (Å²) in [5.41, 5.74) is 1.54. The van der Waals surface area contributed by atoms with E-state index in [0.717, 1.165) is 45.1 Å². The van der Waals surface area contributed by atoms with Crippen LogP contribution >= 0.6 is 0 Å². The van der Waals surface area contributed by atoms with Crippen molar-refractivity contribution in [2.75, 3.05) is 19.8 Å². The zero-order chi connectivity index (χ0) is 42.6. The second-order valence-corrected chi connectivity index (χ2v) is 20.6. The Morgan fingerprint density at radius 3 is 2.22 bits per heavy atom. The molecule has 9 aliphatic rings. The lowest BCUT2D eigenvalue weighted by Gasteiger charge is -2.58. The Labute approximate surface area is 352 Å². The minimum atomic E-state index is -1.70. The van der Waals surface area contributed by atoms with E-state index in [4.69, 9.17) is 37.9 Å². The molecule has 0 bridgehead atoms. The van der Waals surface area contributed by atoms with E-state index in [0.29, 0.717) is 48.3 Å². The normalized spacial score (nSPS) is 57.9. The van der Waals surface area contributed by atoms with Gasteiger partial charge in [-0.15, -0.1) is 0 Å². The predicted molar refractivity (Wildman–Crippen MR) is 208 cm³/mol. The molecule has 0 radical (unpaired) electrons. The molecule has 0 unspecified atom stereocenters. The molecule has 5 aliphatic heterocycles. The van der Waals surface area contributed by atoms with Crippen LogP contribution in [-0.4, -0.2) is 165 Å². The van der Waals surface area contributed by atoms with Crippen molar-refractivity contribution >= 4 is 0 Å². The third-order valence-electron chi connectivity index (χ3n) is 17.3. The Kier molecular flexibility index (Phi) is 12.2. The van der Waals surface area contributed by atoms with Gasteiger partial charge in [-0.2, -0.15) is 0 Å². The molecule has 342 valence electrons. The fraction of sp³-hybridized carbons (Fsp3) is 0.955. The zero-order valence-electron chi connectivity index (χ0n) is 35.6. The van der Waals surface area contributed by atoms with Gasteiger partial charge in [0.2, 0.25) is 0 Å². The highest BCUT2D eigenvalue weighted by molar-refractivity contribution is 5.26. The molecule has 60 heavy (non-hydrogen) atoms. The van der Waals surface area contributed by atoms with Gasteiger partial charge < -0.3 is 78.7 Å². The molecule has 0 aromatic rings. The topological polar surface area (TPSA) is 236 Å². The quantitative estimate of drug-likeness (QED) is 0.166. The van der Waals surface area contributed by atoms with Gasteiger partial charge in [0.05, 0.1) is 38.1 Å². The van der Waals surface area contributed by atoms with Crippen LogP contribution < -0.4 is 0 Å². The molecule has 8 N–H and O–H groups in total. The summed E-state index contributed by atoms with van der Waals surface area (Å²) in [6, 6.07) is 0. The minimum absolute atomic E-state index is 0.0142. The maximum Gasteiger partial charge on any atom is 0.187 e. The first-order valence-corrected chi connectivity index (χ1v) is 22.8. The molecular formula is C44H70O16. The number of fused-ring (bicyclic) bond motifs is 7. The van der Waals surface area contributed by atoms with Gasteiger partial charge >= 0.3 is 0 Å². The molecule has 16 nitrogen and oxygen atoms in total. The lowest BCUT2D eigenvalue weighted by Crippen LogP contribution is -2.66. The smallest absolute Gasteiger partial charge is 0.187 e. The van der Waals surface area contributed by atoms with E-state index >= 15 is 0 Å². The van der Waals surface area contributed by atoms with Crippen molar-refractivity contribution in [1.29, 1.82) is 0 Å². The fourth-order valence-corrected chi connectivity index (χ4v) is 13.7. The third kappa shape index (κ3) is 7.19. The Morgan fingerprint density at radius 2 is 1.48 bits per heavy atom. The van der Waals surface area contributed by atoms with Crippen molar-refractivity contribution < 1.29 is 78.7 Å². The monoisotopic (exact) mass is 854 g/mol. The molecule has 4 aliphatic carbocycles. The molecule has 25 atom stereocenters. The number of aliphatic hydroxyl groups is 8. The van der Waals surface area contributed by atoms with Crippen molar-refractivity contribution in [2.24, 2.45) is 46.3 Å². The molecule has 1 spiro atoms. The zero-order valence-corrected chi connectivity index (χ0v) is 35.6. The van der Waals surface area contributed by atoms with Gasteiger partial charge in [0, 0.05) is 12.3 Å². The van der Waals surface area contributed by atoms with Crippen molar-refractivity contribution in [2.45, 2.75) is 196 Å². The van der Waals surface area contributed by atoms with Gasteiger partial charge in [-0.05, 0) is 98.7 Å². The van der Waals surface area contributed by atoms with E-state index in [9.17, 15) is 40.9 Å². The third-order valence-corrected chi connectivity index (χ3v) is 17.3. The summed E-state index contributed by atoms with van der Waals surface area (Å²) in [5.74, 6) is 2.65. The number of allylic oxidation sites excluding steroid dienone is 1. The molecular weight excluding hydrogens is 784 g/mol. The van der Waals surface area contributed by atoms with Crippen LogP contribution in [0.2, 0.25) is 0 Å². The van der Waals surface area contributed by atoms with E-state index in [1.165, 1.54) is 18.9 Å². The molecule has 5 saturated heterocycles. The van der Waals surface area contributed by atoms with Crippen LogP contribution in [0.4, 0.5) is 0 Å². The standard InChI is InChI=1S/C44H70O16/c1-19-8-13-44(54-17-19)20(2)30-28(60-44)15-26-24-7-6-22-14-23(9-11-42(22,4)25(24)10-12-43(26,30)5)56-41-38(59-40-35(51)33(49)31(47)21(3)55-40)36(52)37(29(16-45)57-41)58-39-34(50)32(48)27(46)18-53-39/h6,19-21,23-41,45-52H,7-18H2,1-5H3/t19-,20+,21+,23+,24-,25+,26-,27+,28-,29-,30-,31+,32+,33-,34-,35-,36+,37-,38-,39+,40+,41-,42-,43-,44-/m1/s1. The van der Waals surface area contributed by atoms with Gasteiger partial charge in [0.15, 0.2) is 24.7 Å². The number of hydrogen-bond donors (Lipinski definition) is 8. The average Bonchev–Trinajstić information content (AvgIpc) is 3.68. The molecule has 0 aromatic heterocycles. The van der Waals surface area contributed by atoms with Crippen LogP contribution in [-0.2, 0) is 37.9 Å². The van der Waals surface area contributed by atoms with E-state index in [2.05, 4.69) is 33.8 Å². The number of aliphatic hydroxyl groups excluding tert-OH is 8. The van der Waals surface area contributed by atoms with Crippen LogP contribution in [0, 0.1) is 46.3 Å². The molecule has 3 saturated carbocycles. The molecule has 16 heteroatoms. The van der Waals surface area contributed by atoms with E-state index < -0.39 is 98.4 Å². The van der Waals surface area contributed by atoms with E-state index in [1.807, 2.05) is 0 Å². The number of hydrogen-bond acceptors (Lipinski definition) is 16. The van der Waals surface area contributed by atoms with Crippen LogP contribution in [0.1, 0.15) is 92.4 Å². The van der Waals surface area contributed by atoms with Gasteiger partial charge in [0.1, 0.15) is 61.0 Å². The highest BCUT2D eigenvalue weighted by atomic mass is 16.8. The van der Waals surface area contributed by atoms with Crippen LogP contribution in [0.3, 0.4) is 0 Å². The highest BCUT2D eigenvalue weighted by Crippen LogP contribution is 2.70. The Bertz CT molecular complexity index is 1560. The largest absolute Gasteiger partial charge is 0.394 e. The highest BCUT2D eigenvalue weighted by Gasteiger charge is 2.69. The molecule has 8 fully saturated rings. The molecule has 5 heterocycles. The lowest BCUT2D eigenvalue weighted by molar-refractivity contribution is -0.385. The summed E-state index contributed by atoms with van der Waals surface area (Å²) in [6.45, 7) is 10.9. The Balaban J connectivity index is 0.913. The number of rotatable bonds is 7. The molecule has 9 rings (SSSR count). The Hall–Kier alpha value is -0.900. The van der Waals surface area contributed by atoms with Crippen molar-refractivity contribution in [3.63, 3.8) is 0 Å². The van der Waals surface area contributed by atoms with Crippen LogP contribution in [0.15, 0.2) is 11.6 Å². The first-order chi connectivity index (χ1) is 28.5. The van der Waals surface area contributed by atoms with Gasteiger partial charge in [-0.3, -0.25) is 0 Å². The second-order valence-electron chi connectivity index (χ2n) is 20.6. The van der Waals surface area contributed by atoms with Gasteiger partial charge in [-0.25, -0.2) is 0 Å². The van der Waals surface area contributed by atoms with Crippen molar-refractivity contribution in [3.8, 4) is 0 Å². The van der Waals surface area contributed by atoms with Crippen LogP contribution in [0.5, 0.6) is 0 Å². The van der Waals surface area contributed by atoms with E-state index in [-0.39, 0.29) is 29.6 Å². The van der Waals surface area contributed by atoms with Crippen LogP contribution in [0.25, 0.3) is 0 Å². The summed E-state index contributed by atoms with van der Waals surface area (Å²) >= 11 is 0. The SMILES string of the molecule is C[C@@H]1CC[C@@]2(OC1)O[C@@H]1C[C@@H]3[C@@H]4CC=C5C[C@@H](O[C@@H]6O[C@H](CO)[C@@H](O[C@@H]7OC[C@H](O)[C@H](O)[C@H]7O)[C@H](O)[C@H]6O[C@@H]6O[C@@H](C)[C@H](O)[C@@H](O)[C@H]6O)CC[C@@]5(C)[C@H]4CC[C@@]3(C)[C@@H]1[C@@H]2C. The summed E-state index contributed by atoms with van der Waals surface area (Å²) in [5, 5.41) is 85.1. The maximum absolute atomic E-state index is 11.9. The summed E-state index contributed by atoms with van der Waals surface area (Å²) < 4.78 is 49.8. The first kappa shape index (κ1) is 44.3. The predicted octanol–water partition coefficient (Wildman–Crippen LogP) is 0.853. The molecule has 0 amide bonds. The van der Waals surface area contributed by atoms with E-state index in [1.54, 1.807) is 0 Å². The fourth-order valence-electron chi connectivity index (χ4n) is 13.7. The lowest BCUT2D eigenvalue weighted by atomic mass is 9.47. The minimum Gasteiger partial charge on any atom is -0.394 e. The summed E-state index contributed by atoms with van der Waals surface area (Å²) in [6.07, 6.45) is -9.25. The first-order valence-electron chi connectivity index (χ1n) is 22.8. The van der Waals surface area contributed by atoms with Gasteiger partial charge in [-0.1, -0.05) is 39.3 Å². The summed E-state index contributed by atoms with van der Waals surface area (Å²) in [4.78, 5) is 0. The summed E-state index contributed by atoms with van der Waals surface area (Å²) in [7, 11) is 0. The second kappa shape index (κ2) is 16.5. The maximum atomic E-state index is 11.9. The van der Waals surface area contributed by atoms with Crippen molar-refractivity contribution in [1.82, 2.24) is 0 Å². The van der Waals surface area contributed by atoms with Crippen molar-refractivity contribution in [3.05, 3.63) is 11.6 Å². The van der Waals surface area contributed by atoms with Gasteiger partial charge in [0.25, 0.3) is 0 Å². The number of ether oxygens (including phenoxy) is 8. The Morgan fingerprint density at radius 1 is 0.733 bits per heavy atom. The molecule has 0 aromatic carbocycles. The average molecular weight is 855 g/mol.